The molecule has 1 fully saturated rings. The maximum atomic E-state index is 12.3. The third-order valence-electron chi connectivity index (χ3n) is 4.54. The Morgan fingerprint density at radius 1 is 1.00 bits per heavy atom. The second-order valence-electron chi connectivity index (χ2n) is 6.37. The van der Waals surface area contributed by atoms with Crippen LogP contribution in [0, 0.1) is 17.2 Å². The number of amides is 1. The molecule has 0 aromatic heterocycles. The number of likely N-dealkylation sites (tertiary alicyclic amines) is 1. The van der Waals surface area contributed by atoms with Crippen molar-refractivity contribution in [3.8, 4) is 17.6 Å². The Morgan fingerprint density at radius 3 is 2.31 bits per heavy atom. The van der Waals surface area contributed by atoms with Gasteiger partial charge in [0, 0.05) is 13.1 Å². The van der Waals surface area contributed by atoms with Gasteiger partial charge in [-0.25, -0.2) is 0 Å². The SMILES string of the molecule is N#Cc1ccc(OCC(=O)N2CCC(COc3ccccc3)CC2)cc1. The Kier molecular flexibility index (Phi) is 6.10. The molecule has 1 heterocycles. The lowest BCUT2D eigenvalue weighted by Crippen LogP contribution is -2.41. The number of hydrogen-bond donors (Lipinski definition) is 0. The van der Waals surface area contributed by atoms with Gasteiger partial charge in [0.2, 0.25) is 0 Å². The van der Waals surface area contributed by atoms with Crippen molar-refractivity contribution in [1.29, 1.82) is 5.26 Å². The van der Waals surface area contributed by atoms with E-state index < -0.39 is 0 Å². The summed E-state index contributed by atoms with van der Waals surface area (Å²) in [6.07, 6.45) is 1.88. The van der Waals surface area contributed by atoms with Crippen molar-refractivity contribution in [1.82, 2.24) is 4.90 Å². The zero-order valence-corrected chi connectivity index (χ0v) is 14.6. The van der Waals surface area contributed by atoms with Crippen LogP contribution in [0.2, 0.25) is 0 Å². The topological polar surface area (TPSA) is 62.6 Å². The van der Waals surface area contributed by atoms with Crippen LogP contribution in [0.3, 0.4) is 0 Å². The van der Waals surface area contributed by atoms with Crippen LogP contribution in [-0.2, 0) is 4.79 Å². The first-order chi connectivity index (χ1) is 12.7. The predicted octanol–water partition coefficient (Wildman–Crippen LogP) is 3.25. The van der Waals surface area contributed by atoms with E-state index in [1.54, 1.807) is 24.3 Å². The molecule has 1 aliphatic rings. The number of piperidine rings is 1. The van der Waals surface area contributed by atoms with Crippen LogP contribution in [0.1, 0.15) is 18.4 Å². The molecule has 26 heavy (non-hydrogen) atoms. The number of benzene rings is 2. The number of nitriles is 1. The molecule has 0 atom stereocenters. The lowest BCUT2D eigenvalue weighted by atomic mass is 9.98. The highest BCUT2D eigenvalue weighted by Crippen LogP contribution is 2.20. The molecule has 3 rings (SSSR count). The Bertz CT molecular complexity index is 745. The second-order valence-corrected chi connectivity index (χ2v) is 6.37. The molecular formula is C21H22N2O3. The van der Waals surface area contributed by atoms with Crippen LogP contribution in [-0.4, -0.2) is 37.1 Å². The van der Waals surface area contributed by atoms with Crippen molar-refractivity contribution in [2.45, 2.75) is 12.8 Å². The van der Waals surface area contributed by atoms with Crippen molar-refractivity contribution in [3.05, 3.63) is 60.2 Å². The largest absolute Gasteiger partial charge is 0.493 e. The lowest BCUT2D eigenvalue weighted by Gasteiger charge is -2.31. The summed E-state index contributed by atoms with van der Waals surface area (Å²) in [5.74, 6) is 1.96. The summed E-state index contributed by atoms with van der Waals surface area (Å²) in [5.41, 5.74) is 0.573. The molecule has 0 spiro atoms. The summed E-state index contributed by atoms with van der Waals surface area (Å²) in [5, 5.41) is 8.78. The van der Waals surface area contributed by atoms with Crippen molar-refractivity contribution in [3.63, 3.8) is 0 Å². The minimum absolute atomic E-state index is 0.00297. The van der Waals surface area contributed by atoms with Crippen molar-refractivity contribution < 1.29 is 14.3 Å². The van der Waals surface area contributed by atoms with Crippen LogP contribution >= 0.6 is 0 Å². The molecule has 0 aliphatic carbocycles. The molecular weight excluding hydrogens is 328 g/mol. The summed E-state index contributed by atoms with van der Waals surface area (Å²) in [6, 6.07) is 18.6. The van der Waals surface area contributed by atoms with Crippen molar-refractivity contribution >= 4 is 5.91 Å². The van der Waals surface area contributed by atoms with E-state index in [9.17, 15) is 4.79 Å². The monoisotopic (exact) mass is 350 g/mol. The Balaban J connectivity index is 1.38. The first kappa shape index (κ1) is 17.8. The molecule has 1 amide bonds. The van der Waals surface area contributed by atoms with Gasteiger partial charge in [0.15, 0.2) is 6.61 Å². The van der Waals surface area contributed by atoms with E-state index in [1.165, 1.54) is 0 Å². The molecule has 0 radical (unpaired) electrons. The van der Waals surface area contributed by atoms with E-state index in [2.05, 4.69) is 6.07 Å². The zero-order valence-electron chi connectivity index (χ0n) is 14.6. The molecule has 1 aliphatic heterocycles. The third-order valence-corrected chi connectivity index (χ3v) is 4.54. The fraction of sp³-hybridized carbons (Fsp3) is 0.333. The number of ether oxygens (including phenoxy) is 2. The van der Waals surface area contributed by atoms with Crippen LogP contribution < -0.4 is 9.47 Å². The number of hydrogen-bond acceptors (Lipinski definition) is 4. The number of carbonyl (C=O) groups is 1. The molecule has 5 heteroatoms. The Hall–Kier alpha value is -3.00. The fourth-order valence-corrected chi connectivity index (χ4v) is 2.94. The molecule has 2 aromatic carbocycles. The number of nitrogens with zero attached hydrogens (tertiary/aromatic N) is 2. The average molecular weight is 350 g/mol. The van der Waals surface area contributed by atoms with Gasteiger partial charge in [-0.1, -0.05) is 18.2 Å². The highest BCUT2D eigenvalue weighted by atomic mass is 16.5. The van der Waals surface area contributed by atoms with E-state index in [-0.39, 0.29) is 12.5 Å². The maximum Gasteiger partial charge on any atom is 0.260 e. The van der Waals surface area contributed by atoms with E-state index in [0.29, 0.717) is 23.8 Å². The van der Waals surface area contributed by atoms with Crippen LogP contribution in [0.25, 0.3) is 0 Å². The molecule has 0 unspecified atom stereocenters. The van der Waals surface area contributed by atoms with Gasteiger partial charge in [0.05, 0.1) is 18.2 Å². The molecule has 134 valence electrons. The molecule has 0 saturated carbocycles. The number of carbonyl (C=O) groups excluding carboxylic acids is 1. The van der Waals surface area contributed by atoms with Crippen molar-refractivity contribution in [2.75, 3.05) is 26.3 Å². The molecule has 0 bridgehead atoms. The highest BCUT2D eigenvalue weighted by molar-refractivity contribution is 5.77. The van der Waals surface area contributed by atoms with Crippen LogP contribution in [0.5, 0.6) is 11.5 Å². The zero-order chi connectivity index (χ0) is 18.2. The highest BCUT2D eigenvalue weighted by Gasteiger charge is 2.23. The molecule has 1 saturated heterocycles. The first-order valence-electron chi connectivity index (χ1n) is 8.83. The van der Waals surface area contributed by atoms with Gasteiger partial charge in [-0.2, -0.15) is 5.26 Å². The predicted molar refractivity (Wildman–Crippen MR) is 97.9 cm³/mol. The standard InChI is InChI=1S/C21H22N2O3/c22-14-17-6-8-20(9-7-17)26-16-21(24)23-12-10-18(11-13-23)15-25-19-4-2-1-3-5-19/h1-9,18H,10-13,15-16H2. The maximum absolute atomic E-state index is 12.3. The smallest absolute Gasteiger partial charge is 0.260 e. The Labute approximate surface area is 153 Å². The fourth-order valence-electron chi connectivity index (χ4n) is 2.94. The average Bonchev–Trinajstić information content (AvgIpc) is 2.72. The van der Waals surface area contributed by atoms with Gasteiger partial charge in [0.1, 0.15) is 11.5 Å². The lowest BCUT2D eigenvalue weighted by molar-refractivity contribution is -0.134. The summed E-state index contributed by atoms with van der Waals surface area (Å²) in [6.45, 7) is 2.18. The van der Waals surface area contributed by atoms with Gasteiger partial charge >= 0.3 is 0 Å². The van der Waals surface area contributed by atoms with E-state index in [0.717, 1.165) is 31.7 Å². The van der Waals surface area contributed by atoms with E-state index in [1.807, 2.05) is 35.2 Å². The minimum atomic E-state index is -0.00297. The van der Waals surface area contributed by atoms with E-state index in [4.69, 9.17) is 14.7 Å². The van der Waals surface area contributed by atoms with Gasteiger partial charge in [-0.3, -0.25) is 4.79 Å². The van der Waals surface area contributed by atoms with Crippen LogP contribution in [0.4, 0.5) is 0 Å². The molecule has 0 N–H and O–H groups in total. The van der Waals surface area contributed by atoms with Gasteiger partial charge < -0.3 is 14.4 Å². The van der Waals surface area contributed by atoms with Gasteiger partial charge in [-0.05, 0) is 55.2 Å². The van der Waals surface area contributed by atoms with Gasteiger partial charge in [0.25, 0.3) is 5.91 Å². The summed E-state index contributed by atoms with van der Waals surface area (Å²) >= 11 is 0. The third kappa shape index (κ3) is 5.00. The Morgan fingerprint density at radius 2 is 1.65 bits per heavy atom. The first-order valence-corrected chi connectivity index (χ1v) is 8.83. The molecule has 5 nitrogen and oxygen atoms in total. The number of rotatable bonds is 6. The number of para-hydroxylation sites is 1. The molecule has 2 aromatic rings. The summed E-state index contributed by atoms with van der Waals surface area (Å²) in [7, 11) is 0. The van der Waals surface area contributed by atoms with Crippen LogP contribution in [0.15, 0.2) is 54.6 Å². The van der Waals surface area contributed by atoms with E-state index >= 15 is 0 Å². The second kappa shape index (κ2) is 8.91. The van der Waals surface area contributed by atoms with Crippen molar-refractivity contribution in [2.24, 2.45) is 5.92 Å². The minimum Gasteiger partial charge on any atom is -0.493 e. The van der Waals surface area contributed by atoms with Gasteiger partial charge in [-0.15, -0.1) is 0 Å². The quantitative estimate of drug-likeness (QED) is 0.802. The normalized spacial score (nSPS) is 14.5. The summed E-state index contributed by atoms with van der Waals surface area (Å²) in [4.78, 5) is 14.1. The summed E-state index contributed by atoms with van der Waals surface area (Å²) < 4.78 is 11.3.